The maximum Gasteiger partial charge on any atom is 0.300 e. The van der Waals surface area contributed by atoms with Crippen molar-refractivity contribution in [3.63, 3.8) is 0 Å². The van der Waals surface area contributed by atoms with E-state index in [1.165, 1.54) is 4.90 Å². The third-order valence-corrected chi connectivity index (χ3v) is 5.58. The highest BCUT2D eigenvalue weighted by Gasteiger charge is 2.46. The second kappa shape index (κ2) is 8.71. The van der Waals surface area contributed by atoms with Crippen LogP contribution in [0.15, 0.2) is 78.4 Å². The van der Waals surface area contributed by atoms with Crippen molar-refractivity contribution in [1.82, 2.24) is 0 Å². The Morgan fingerprint density at radius 2 is 1.72 bits per heavy atom. The van der Waals surface area contributed by atoms with Gasteiger partial charge in [0.05, 0.1) is 18.2 Å². The van der Waals surface area contributed by atoms with Gasteiger partial charge in [0, 0.05) is 11.3 Å². The molecule has 5 heteroatoms. The first-order valence-electron chi connectivity index (χ1n) is 10.6. The van der Waals surface area contributed by atoms with Crippen LogP contribution >= 0.6 is 0 Å². The summed E-state index contributed by atoms with van der Waals surface area (Å²) in [5.74, 6) is -0.847. The van der Waals surface area contributed by atoms with Gasteiger partial charge in [0.15, 0.2) is 0 Å². The number of carbonyl (C=O) groups is 2. The van der Waals surface area contributed by atoms with Crippen molar-refractivity contribution in [2.45, 2.75) is 26.8 Å². The Morgan fingerprint density at radius 3 is 2.38 bits per heavy atom. The van der Waals surface area contributed by atoms with E-state index in [1.807, 2.05) is 63.2 Å². The number of amides is 1. The summed E-state index contributed by atoms with van der Waals surface area (Å²) in [4.78, 5) is 27.8. The van der Waals surface area contributed by atoms with Gasteiger partial charge in [0.2, 0.25) is 0 Å². The first-order chi connectivity index (χ1) is 15.4. The Morgan fingerprint density at radius 1 is 0.969 bits per heavy atom. The van der Waals surface area contributed by atoms with Gasteiger partial charge in [0.25, 0.3) is 11.7 Å². The van der Waals surface area contributed by atoms with E-state index >= 15 is 0 Å². The first kappa shape index (κ1) is 21.4. The molecule has 5 nitrogen and oxygen atoms in total. The van der Waals surface area contributed by atoms with E-state index in [0.717, 1.165) is 16.7 Å². The second-order valence-electron chi connectivity index (χ2n) is 7.83. The van der Waals surface area contributed by atoms with Gasteiger partial charge in [0.1, 0.15) is 11.5 Å². The molecule has 4 rings (SSSR count). The lowest BCUT2D eigenvalue weighted by Crippen LogP contribution is -2.29. The lowest BCUT2D eigenvalue weighted by atomic mass is 9.94. The molecule has 0 radical (unpaired) electrons. The summed E-state index contributed by atoms with van der Waals surface area (Å²) in [6, 6.07) is 21.2. The zero-order valence-corrected chi connectivity index (χ0v) is 18.3. The predicted octanol–water partition coefficient (Wildman–Crippen LogP) is 5.33. The summed E-state index contributed by atoms with van der Waals surface area (Å²) in [7, 11) is 0. The summed E-state index contributed by atoms with van der Waals surface area (Å²) >= 11 is 0. The zero-order valence-electron chi connectivity index (χ0n) is 18.3. The number of hydrogen-bond donors (Lipinski definition) is 1. The fourth-order valence-electron chi connectivity index (χ4n) is 4.11. The van der Waals surface area contributed by atoms with Crippen LogP contribution in [0.25, 0.3) is 5.76 Å². The highest BCUT2D eigenvalue weighted by Crippen LogP contribution is 2.42. The van der Waals surface area contributed by atoms with E-state index in [2.05, 4.69) is 0 Å². The van der Waals surface area contributed by atoms with Gasteiger partial charge in [-0.1, -0.05) is 48.0 Å². The molecule has 1 amide bonds. The van der Waals surface area contributed by atoms with Crippen LogP contribution in [0.3, 0.4) is 0 Å². The number of aliphatic hydroxyl groups is 1. The number of carbonyl (C=O) groups excluding carboxylic acids is 2. The van der Waals surface area contributed by atoms with E-state index in [9.17, 15) is 14.7 Å². The zero-order chi connectivity index (χ0) is 22.8. The average Bonchev–Trinajstić information content (AvgIpc) is 3.06. The molecule has 0 spiro atoms. The number of aliphatic hydroxyl groups excluding tert-OH is 1. The SMILES string of the molecule is CCOc1ccc(/C(O)=C2/C(=O)C(=O)N(c3ccccc3)C2c2cccc(C)c2)cc1C. The molecule has 0 aliphatic carbocycles. The number of benzene rings is 3. The molecule has 162 valence electrons. The van der Waals surface area contributed by atoms with Crippen molar-refractivity contribution in [1.29, 1.82) is 0 Å². The first-order valence-corrected chi connectivity index (χ1v) is 10.6. The molecule has 1 atom stereocenters. The van der Waals surface area contributed by atoms with Crippen molar-refractivity contribution in [3.8, 4) is 5.75 Å². The highest BCUT2D eigenvalue weighted by molar-refractivity contribution is 6.51. The molecule has 0 saturated carbocycles. The largest absolute Gasteiger partial charge is 0.507 e. The van der Waals surface area contributed by atoms with E-state index in [-0.39, 0.29) is 11.3 Å². The Hall–Kier alpha value is -3.86. The number of anilines is 1. The number of ketones is 1. The minimum Gasteiger partial charge on any atom is -0.507 e. The van der Waals surface area contributed by atoms with Crippen molar-refractivity contribution < 1.29 is 19.4 Å². The van der Waals surface area contributed by atoms with Gasteiger partial charge in [-0.3, -0.25) is 14.5 Å². The van der Waals surface area contributed by atoms with Crippen LogP contribution in [-0.2, 0) is 9.59 Å². The van der Waals surface area contributed by atoms with Gasteiger partial charge >= 0.3 is 0 Å². The molecule has 1 aliphatic rings. The molecule has 3 aromatic carbocycles. The Balaban J connectivity index is 1.91. The van der Waals surface area contributed by atoms with E-state index in [1.54, 1.807) is 30.3 Å². The fraction of sp³-hybridized carbons (Fsp3) is 0.185. The van der Waals surface area contributed by atoms with Crippen LogP contribution in [0.4, 0.5) is 5.69 Å². The number of para-hydroxylation sites is 1. The number of hydrogen-bond acceptors (Lipinski definition) is 4. The third kappa shape index (κ3) is 3.78. The van der Waals surface area contributed by atoms with E-state index < -0.39 is 17.7 Å². The van der Waals surface area contributed by atoms with Crippen LogP contribution in [0.5, 0.6) is 5.75 Å². The maximum absolute atomic E-state index is 13.2. The monoisotopic (exact) mass is 427 g/mol. The van der Waals surface area contributed by atoms with Crippen molar-refractivity contribution in [2.75, 3.05) is 11.5 Å². The lowest BCUT2D eigenvalue weighted by molar-refractivity contribution is -0.132. The standard InChI is InChI=1S/C27H25NO4/c1-4-32-22-14-13-20(16-18(22)3)25(29)23-24(19-10-8-9-17(2)15-19)28(27(31)26(23)30)21-11-6-5-7-12-21/h5-16,24,29H,4H2,1-3H3/b25-23-. The summed E-state index contributed by atoms with van der Waals surface area (Å²) in [6.45, 7) is 6.26. The Kier molecular flexibility index (Phi) is 5.82. The summed E-state index contributed by atoms with van der Waals surface area (Å²) < 4.78 is 5.59. The van der Waals surface area contributed by atoms with Crippen molar-refractivity contribution in [2.24, 2.45) is 0 Å². The van der Waals surface area contributed by atoms with Crippen molar-refractivity contribution in [3.05, 3.63) is 101 Å². The topological polar surface area (TPSA) is 66.8 Å². The van der Waals surface area contributed by atoms with Crippen molar-refractivity contribution >= 4 is 23.1 Å². The summed E-state index contributed by atoms with van der Waals surface area (Å²) in [5, 5.41) is 11.3. The average molecular weight is 428 g/mol. The molecule has 1 fully saturated rings. The highest BCUT2D eigenvalue weighted by atomic mass is 16.5. The molecule has 3 aromatic rings. The van der Waals surface area contributed by atoms with Crippen LogP contribution in [-0.4, -0.2) is 23.4 Å². The van der Waals surface area contributed by atoms with Crippen LogP contribution < -0.4 is 9.64 Å². The lowest BCUT2D eigenvalue weighted by Gasteiger charge is -2.25. The maximum atomic E-state index is 13.2. The predicted molar refractivity (Wildman–Crippen MR) is 125 cm³/mol. The number of rotatable bonds is 5. The van der Waals surface area contributed by atoms with Crippen LogP contribution in [0.2, 0.25) is 0 Å². The minimum atomic E-state index is -0.732. The summed E-state index contributed by atoms with van der Waals surface area (Å²) in [5.41, 5.74) is 3.74. The minimum absolute atomic E-state index is 0.0769. The Bertz CT molecular complexity index is 1210. The molecule has 0 bridgehead atoms. The van der Waals surface area contributed by atoms with Gasteiger partial charge in [-0.2, -0.15) is 0 Å². The normalized spacial score (nSPS) is 17.6. The molecule has 0 aromatic heterocycles. The molecule has 1 N–H and O–H groups in total. The molecule has 1 heterocycles. The van der Waals surface area contributed by atoms with Gasteiger partial charge in [-0.15, -0.1) is 0 Å². The van der Waals surface area contributed by atoms with Gasteiger partial charge in [-0.25, -0.2) is 0 Å². The Labute approximate surface area is 187 Å². The summed E-state index contributed by atoms with van der Waals surface area (Å²) in [6.07, 6.45) is 0. The third-order valence-electron chi connectivity index (χ3n) is 5.58. The molecule has 32 heavy (non-hydrogen) atoms. The quantitative estimate of drug-likeness (QED) is 0.340. The van der Waals surface area contributed by atoms with E-state index in [4.69, 9.17) is 4.74 Å². The number of nitrogens with zero attached hydrogens (tertiary/aromatic N) is 1. The fourth-order valence-corrected chi connectivity index (χ4v) is 4.11. The number of aryl methyl sites for hydroxylation is 2. The second-order valence-corrected chi connectivity index (χ2v) is 7.83. The van der Waals surface area contributed by atoms with Crippen LogP contribution in [0.1, 0.15) is 35.2 Å². The molecular formula is C27H25NO4. The molecule has 1 saturated heterocycles. The number of Topliss-reactive ketones (excluding diaryl/α,β-unsaturated/α-hetero) is 1. The molecule has 1 aliphatic heterocycles. The van der Waals surface area contributed by atoms with Crippen LogP contribution in [0, 0.1) is 13.8 Å². The smallest absolute Gasteiger partial charge is 0.300 e. The van der Waals surface area contributed by atoms with Gasteiger partial charge in [-0.05, 0) is 62.2 Å². The molecular weight excluding hydrogens is 402 g/mol. The van der Waals surface area contributed by atoms with Gasteiger partial charge < -0.3 is 9.84 Å². The van der Waals surface area contributed by atoms with E-state index in [0.29, 0.717) is 23.6 Å². The molecule has 1 unspecified atom stereocenters. The number of ether oxygens (including phenoxy) is 1.